The van der Waals surface area contributed by atoms with Crippen LogP contribution in [0.2, 0.25) is 0 Å². The van der Waals surface area contributed by atoms with Crippen LogP contribution in [0.4, 0.5) is 0 Å². The number of hydrogen-bond donors (Lipinski definition) is 1. The Balaban J connectivity index is 1.57. The van der Waals surface area contributed by atoms with Gasteiger partial charge in [-0.1, -0.05) is 35.6 Å². The van der Waals surface area contributed by atoms with Gasteiger partial charge in [0.25, 0.3) is 5.56 Å². The van der Waals surface area contributed by atoms with Crippen LogP contribution in [0, 0.1) is 0 Å². The van der Waals surface area contributed by atoms with E-state index < -0.39 is 12.0 Å². The van der Waals surface area contributed by atoms with Crippen LogP contribution in [0.15, 0.2) is 69.7 Å². The van der Waals surface area contributed by atoms with Crippen molar-refractivity contribution < 1.29 is 19.0 Å². The van der Waals surface area contributed by atoms with Gasteiger partial charge in [0, 0.05) is 22.7 Å². The first-order chi connectivity index (χ1) is 17.0. The fourth-order valence-electron chi connectivity index (χ4n) is 4.54. The summed E-state index contributed by atoms with van der Waals surface area (Å²) < 4.78 is 18.5. The highest BCUT2D eigenvalue weighted by atomic mass is 32.1. The van der Waals surface area contributed by atoms with E-state index in [1.165, 1.54) is 11.3 Å². The van der Waals surface area contributed by atoms with Crippen molar-refractivity contribution in [2.75, 3.05) is 13.4 Å². The van der Waals surface area contributed by atoms with Crippen molar-refractivity contribution in [1.82, 2.24) is 9.55 Å². The topological polar surface area (TPSA) is 94.9 Å². The summed E-state index contributed by atoms with van der Waals surface area (Å²) >= 11 is 1.30. The third-order valence-corrected chi connectivity index (χ3v) is 7.12. The van der Waals surface area contributed by atoms with E-state index in [4.69, 9.17) is 14.2 Å². The molecule has 0 aliphatic carbocycles. The van der Waals surface area contributed by atoms with E-state index in [9.17, 15) is 9.59 Å². The molecule has 0 spiro atoms. The minimum Gasteiger partial charge on any atom is -0.463 e. The van der Waals surface area contributed by atoms with E-state index in [1.807, 2.05) is 48.7 Å². The number of ether oxygens (including phenoxy) is 3. The minimum absolute atomic E-state index is 0.131. The Morgan fingerprint density at radius 3 is 2.94 bits per heavy atom. The molecular weight excluding hydrogens is 466 g/mol. The van der Waals surface area contributed by atoms with E-state index in [-0.39, 0.29) is 19.0 Å². The first kappa shape index (κ1) is 21.4. The SMILES string of the molecule is CCOC(=O)C1=C(C)N=c2s/c(=C\c3c[nH]c4ccccc34)c(=O)n2C1c1ccc2c(c1)OCO2. The molecule has 0 saturated heterocycles. The minimum atomic E-state index is -0.704. The Kier molecular flexibility index (Phi) is 5.07. The predicted octanol–water partition coefficient (Wildman–Crippen LogP) is 3.01. The summed E-state index contributed by atoms with van der Waals surface area (Å²) in [5.74, 6) is 0.697. The number of thiazole rings is 1. The number of carbonyl (C=O) groups is 1. The van der Waals surface area contributed by atoms with Crippen molar-refractivity contribution >= 4 is 34.3 Å². The molecule has 4 heterocycles. The monoisotopic (exact) mass is 487 g/mol. The lowest BCUT2D eigenvalue weighted by Crippen LogP contribution is -2.39. The highest BCUT2D eigenvalue weighted by molar-refractivity contribution is 7.07. The number of benzene rings is 2. The molecule has 2 aromatic carbocycles. The summed E-state index contributed by atoms with van der Waals surface area (Å²) in [4.78, 5) is 35.2. The summed E-state index contributed by atoms with van der Waals surface area (Å²) in [5, 5.41) is 1.02. The smallest absolute Gasteiger partial charge is 0.338 e. The van der Waals surface area contributed by atoms with Crippen molar-refractivity contribution in [3.63, 3.8) is 0 Å². The molecule has 1 N–H and O–H groups in total. The molecule has 2 aliphatic heterocycles. The maximum Gasteiger partial charge on any atom is 0.338 e. The highest BCUT2D eigenvalue weighted by Crippen LogP contribution is 2.38. The van der Waals surface area contributed by atoms with Gasteiger partial charge in [-0.3, -0.25) is 9.36 Å². The van der Waals surface area contributed by atoms with Gasteiger partial charge in [0.15, 0.2) is 16.3 Å². The number of para-hydroxylation sites is 1. The van der Waals surface area contributed by atoms with Gasteiger partial charge >= 0.3 is 5.97 Å². The van der Waals surface area contributed by atoms with Crippen molar-refractivity contribution in [1.29, 1.82) is 0 Å². The first-order valence-corrected chi connectivity index (χ1v) is 12.0. The number of nitrogens with zero attached hydrogens (tertiary/aromatic N) is 2. The molecule has 0 radical (unpaired) electrons. The van der Waals surface area contributed by atoms with Crippen LogP contribution < -0.4 is 24.4 Å². The van der Waals surface area contributed by atoms with Gasteiger partial charge in [0.1, 0.15) is 0 Å². The van der Waals surface area contributed by atoms with E-state index in [1.54, 1.807) is 24.5 Å². The highest BCUT2D eigenvalue weighted by Gasteiger charge is 2.34. The van der Waals surface area contributed by atoms with Crippen molar-refractivity contribution in [3.05, 3.63) is 90.7 Å². The lowest BCUT2D eigenvalue weighted by Gasteiger charge is -2.24. The van der Waals surface area contributed by atoms with Crippen LogP contribution >= 0.6 is 11.3 Å². The van der Waals surface area contributed by atoms with Gasteiger partial charge < -0.3 is 19.2 Å². The fourth-order valence-corrected chi connectivity index (χ4v) is 5.58. The van der Waals surface area contributed by atoms with Crippen LogP contribution in [0.3, 0.4) is 0 Å². The normalized spacial score (nSPS) is 17.0. The Morgan fingerprint density at radius 2 is 2.09 bits per heavy atom. The second-order valence-corrected chi connectivity index (χ2v) is 9.21. The first-order valence-electron chi connectivity index (χ1n) is 11.2. The molecule has 0 bridgehead atoms. The number of aromatic amines is 1. The number of rotatable bonds is 4. The maximum absolute atomic E-state index is 13.8. The Morgan fingerprint density at radius 1 is 1.26 bits per heavy atom. The number of hydrogen-bond acceptors (Lipinski definition) is 7. The molecule has 4 aromatic rings. The van der Waals surface area contributed by atoms with Gasteiger partial charge in [-0.15, -0.1) is 0 Å². The van der Waals surface area contributed by atoms with E-state index >= 15 is 0 Å². The van der Waals surface area contributed by atoms with E-state index in [0.29, 0.717) is 37.7 Å². The van der Waals surface area contributed by atoms with Crippen LogP contribution in [0.25, 0.3) is 17.0 Å². The number of aromatic nitrogens is 2. The molecule has 0 fully saturated rings. The van der Waals surface area contributed by atoms with E-state index in [2.05, 4.69) is 9.98 Å². The quantitative estimate of drug-likeness (QED) is 0.447. The number of allylic oxidation sites excluding steroid dienone is 1. The van der Waals surface area contributed by atoms with Crippen LogP contribution in [-0.4, -0.2) is 28.9 Å². The molecule has 0 saturated carbocycles. The number of esters is 1. The molecule has 35 heavy (non-hydrogen) atoms. The fraction of sp³-hybridized carbons (Fsp3) is 0.192. The molecule has 1 unspecified atom stereocenters. The summed E-state index contributed by atoms with van der Waals surface area (Å²) in [6, 6.07) is 12.7. The van der Waals surface area contributed by atoms with Gasteiger partial charge in [-0.05, 0) is 43.7 Å². The zero-order valence-electron chi connectivity index (χ0n) is 19.0. The number of carbonyl (C=O) groups excluding carboxylic acids is 1. The molecular formula is C26H21N3O5S. The van der Waals surface area contributed by atoms with Crippen molar-refractivity contribution in [2.45, 2.75) is 19.9 Å². The summed E-state index contributed by atoms with van der Waals surface area (Å²) in [5.41, 5.74) is 3.24. The molecule has 2 aromatic heterocycles. The summed E-state index contributed by atoms with van der Waals surface area (Å²) in [6.45, 7) is 3.86. The average molecular weight is 488 g/mol. The Labute approximate surface area is 203 Å². The van der Waals surface area contributed by atoms with Crippen molar-refractivity contribution in [2.24, 2.45) is 4.99 Å². The zero-order valence-corrected chi connectivity index (χ0v) is 19.8. The maximum atomic E-state index is 13.8. The number of nitrogens with one attached hydrogen (secondary N) is 1. The molecule has 1 atom stereocenters. The molecule has 6 rings (SSSR count). The van der Waals surface area contributed by atoms with Gasteiger partial charge in [0.05, 0.1) is 28.5 Å². The largest absolute Gasteiger partial charge is 0.463 e. The Bertz CT molecular complexity index is 1710. The van der Waals surface area contributed by atoms with Crippen molar-refractivity contribution in [3.8, 4) is 11.5 Å². The second kappa shape index (κ2) is 8.28. The van der Waals surface area contributed by atoms with Crippen LogP contribution in [0.5, 0.6) is 11.5 Å². The van der Waals surface area contributed by atoms with Gasteiger partial charge in [0.2, 0.25) is 6.79 Å². The zero-order chi connectivity index (χ0) is 24.1. The van der Waals surface area contributed by atoms with Crippen LogP contribution in [-0.2, 0) is 9.53 Å². The third-order valence-electron chi connectivity index (χ3n) is 6.14. The summed E-state index contributed by atoms with van der Waals surface area (Å²) in [7, 11) is 0. The number of fused-ring (bicyclic) bond motifs is 3. The molecule has 8 nitrogen and oxygen atoms in total. The standard InChI is InChI=1S/C26H21N3O5S/c1-3-32-25(31)22-14(2)28-26-29(23(22)15-8-9-19-20(10-15)34-13-33-19)24(30)21(35-26)11-16-12-27-18-7-5-4-6-17(16)18/h4-12,23,27H,3,13H2,1-2H3/b21-11-. The van der Waals surface area contributed by atoms with Crippen LogP contribution in [0.1, 0.15) is 31.0 Å². The molecule has 0 amide bonds. The number of H-pyrrole nitrogens is 1. The molecule has 2 aliphatic rings. The molecule has 176 valence electrons. The van der Waals surface area contributed by atoms with E-state index in [0.717, 1.165) is 16.5 Å². The van der Waals surface area contributed by atoms with Gasteiger partial charge in [-0.25, -0.2) is 9.79 Å². The lowest BCUT2D eigenvalue weighted by atomic mass is 9.95. The molecule has 9 heteroatoms. The summed E-state index contributed by atoms with van der Waals surface area (Å²) in [6.07, 6.45) is 3.75. The average Bonchev–Trinajstić information content (AvgIpc) is 3.56. The predicted molar refractivity (Wildman–Crippen MR) is 131 cm³/mol. The second-order valence-electron chi connectivity index (χ2n) is 8.20. The van der Waals surface area contributed by atoms with Gasteiger partial charge in [-0.2, -0.15) is 0 Å². The Hall–Kier alpha value is -4.11. The lowest BCUT2D eigenvalue weighted by molar-refractivity contribution is -0.139. The third kappa shape index (κ3) is 3.47.